The molecule has 6 heteroatoms. The van der Waals surface area contributed by atoms with Crippen LogP contribution in [0.25, 0.3) is 0 Å². The van der Waals surface area contributed by atoms with Gasteiger partial charge in [0.05, 0.1) is 20.2 Å². The number of nitrogens with one attached hydrogen (secondary N) is 1. The van der Waals surface area contributed by atoms with Crippen molar-refractivity contribution in [3.63, 3.8) is 0 Å². The molecule has 0 saturated heterocycles. The average Bonchev–Trinajstić information content (AvgIpc) is 2.64. The summed E-state index contributed by atoms with van der Waals surface area (Å²) in [6, 6.07) is 7.49. The van der Waals surface area contributed by atoms with Crippen molar-refractivity contribution in [2.75, 3.05) is 26.8 Å². The normalized spacial score (nSPS) is 14.6. The minimum Gasteiger partial charge on any atom is -0.497 e. The second-order valence-electron chi connectivity index (χ2n) is 6.31. The molecule has 0 radical (unpaired) electrons. The lowest BCUT2D eigenvalue weighted by atomic mass is 9.94. The maximum Gasteiger partial charge on any atom is 0.239 e. The van der Waals surface area contributed by atoms with Gasteiger partial charge in [0.15, 0.2) is 0 Å². The Balaban J connectivity index is 1.70. The Bertz CT molecular complexity index is 553. The third kappa shape index (κ3) is 6.29. The molecule has 1 aromatic rings. The van der Waals surface area contributed by atoms with Gasteiger partial charge in [-0.05, 0) is 37.1 Å². The lowest BCUT2D eigenvalue weighted by Crippen LogP contribution is -2.46. The highest BCUT2D eigenvalue weighted by atomic mass is 16.5. The van der Waals surface area contributed by atoms with Crippen LogP contribution >= 0.6 is 0 Å². The molecule has 0 unspecified atom stereocenters. The molecule has 1 aliphatic carbocycles. The first-order valence-corrected chi connectivity index (χ1v) is 8.91. The molecule has 0 spiro atoms. The summed E-state index contributed by atoms with van der Waals surface area (Å²) in [4.78, 5) is 25.7. The fourth-order valence-corrected chi connectivity index (χ4v) is 3.13. The van der Waals surface area contributed by atoms with Crippen LogP contribution in [-0.4, -0.2) is 49.6 Å². The van der Waals surface area contributed by atoms with Gasteiger partial charge < -0.3 is 19.7 Å². The Kier molecular flexibility index (Phi) is 7.57. The smallest absolute Gasteiger partial charge is 0.239 e. The molecule has 1 saturated carbocycles. The fourth-order valence-electron chi connectivity index (χ4n) is 3.13. The van der Waals surface area contributed by atoms with Crippen LogP contribution in [0.2, 0.25) is 0 Å². The molecule has 2 rings (SSSR count). The average molecular weight is 348 g/mol. The second-order valence-corrected chi connectivity index (χ2v) is 6.31. The summed E-state index contributed by atoms with van der Waals surface area (Å²) in [5.41, 5.74) is 0. The topological polar surface area (TPSA) is 67.9 Å². The van der Waals surface area contributed by atoms with Gasteiger partial charge in [0, 0.05) is 13.0 Å². The van der Waals surface area contributed by atoms with E-state index in [4.69, 9.17) is 9.47 Å². The highest BCUT2D eigenvalue weighted by Gasteiger charge is 2.24. The summed E-state index contributed by atoms with van der Waals surface area (Å²) < 4.78 is 10.7. The van der Waals surface area contributed by atoms with Crippen molar-refractivity contribution in [1.82, 2.24) is 10.2 Å². The number of ether oxygens (including phenoxy) is 2. The number of nitrogens with zero attached hydrogens (tertiary/aromatic N) is 1. The number of benzene rings is 1. The number of carbonyl (C=O) groups excluding carboxylic acids is 2. The minimum absolute atomic E-state index is 0.0310. The summed E-state index contributed by atoms with van der Waals surface area (Å²) in [5, 5.41) is 2.82. The molecule has 25 heavy (non-hydrogen) atoms. The first-order valence-electron chi connectivity index (χ1n) is 8.91. The number of carbonyl (C=O) groups is 2. The molecule has 6 nitrogen and oxygen atoms in total. The van der Waals surface area contributed by atoms with Crippen molar-refractivity contribution in [2.24, 2.45) is 0 Å². The van der Waals surface area contributed by atoms with Gasteiger partial charge in [0.25, 0.3) is 0 Å². The lowest BCUT2D eigenvalue weighted by molar-refractivity contribution is -0.137. The standard InChI is InChI=1S/C19H28N2O4/c1-15(22)21(16-6-4-3-5-7-16)14-19(23)20-12-13-25-18-10-8-17(24-2)9-11-18/h8-11,16H,3-7,12-14H2,1-2H3,(H,20,23). The van der Waals surface area contributed by atoms with Crippen molar-refractivity contribution in [3.8, 4) is 11.5 Å². The van der Waals surface area contributed by atoms with Crippen LogP contribution in [-0.2, 0) is 9.59 Å². The third-order valence-electron chi connectivity index (χ3n) is 4.49. The third-order valence-corrected chi connectivity index (χ3v) is 4.49. The molecule has 1 fully saturated rings. The van der Waals surface area contributed by atoms with Gasteiger partial charge >= 0.3 is 0 Å². The quantitative estimate of drug-likeness (QED) is 0.733. The lowest BCUT2D eigenvalue weighted by Gasteiger charge is -2.33. The van der Waals surface area contributed by atoms with E-state index in [2.05, 4.69) is 5.32 Å². The van der Waals surface area contributed by atoms with E-state index in [-0.39, 0.29) is 24.4 Å². The van der Waals surface area contributed by atoms with Gasteiger partial charge in [-0.3, -0.25) is 9.59 Å². The van der Waals surface area contributed by atoms with E-state index in [0.717, 1.165) is 37.2 Å². The predicted octanol–water partition coefficient (Wildman–Crippen LogP) is 2.37. The maximum atomic E-state index is 12.1. The molecular weight excluding hydrogens is 320 g/mol. The van der Waals surface area contributed by atoms with Crippen LogP contribution in [0.5, 0.6) is 11.5 Å². The SMILES string of the molecule is COc1ccc(OCCNC(=O)CN(C(C)=O)C2CCCCC2)cc1. The fraction of sp³-hybridized carbons (Fsp3) is 0.579. The molecular formula is C19H28N2O4. The first-order chi connectivity index (χ1) is 12.1. The number of hydrogen-bond acceptors (Lipinski definition) is 4. The van der Waals surface area contributed by atoms with Crippen LogP contribution < -0.4 is 14.8 Å². The molecule has 0 aliphatic heterocycles. The monoisotopic (exact) mass is 348 g/mol. The van der Waals surface area contributed by atoms with Gasteiger partial charge in [0.2, 0.25) is 11.8 Å². The molecule has 138 valence electrons. The minimum atomic E-state index is -0.140. The van der Waals surface area contributed by atoms with Gasteiger partial charge in [-0.25, -0.2) is 0 Å². The van der Waals surface area contributed by atoms with E-state index in [9.17, 15) is 9.59 Å². The molecule has 1 aliphatic rings. The predicted molar refractivity (Wildman–Crippen MR) is 95.8 cm³/mol. The number of amides is 2. The molecule has 1 N–H and O–H groups in total. The Morgan fingerprint density at radius 3 is 2.36 bits per heavy atom. The molecule has 2 amide bonds. The van der Waals surface area contributed by atoms with Crippen LogP contribution in [0.1, 0.15) is 39.0 Å². The van der Waals surface area contributed by atoms with Crippen LogP contribution in [0.4, 0.5) is 0 Å². The zero-order chi connectivity index (χ0) is 18.1. The summed E-state index contributed by atoms with van der Waals surface area (Å²) in [5.74, 6) is 1.32. The molecule has 0 bridgehead atoms. The number of methoxy groups -OCH3 is 1. The number of rotatable bonds is 8. The second kappa shape index (κ2) is 9.91. The zero-order valence-electron chi connectivity index (χ0n) is 15.1. The Morgan fingerprint density at radius 2 is 1.76 bits per heavy atom. The van der Waals surface area contributed by atoms with Crippen molar-refractivity contribution in [3.05, 3.63) is 24.3 Å². The summed E-state index contributed by atoms with van der Waals surface area (Å²) in [6.07, 6.45) is 5.47. The highest BCUT2D eigenvalue weighted by Crippen LogP contribution is 2.22. The van der Waals surface area contributed by atoms with E-state index in [0.29, 0.717) is 13.2 Å². The number of hydrogen-bond donors (Lipinski definition) is 1. The highest BCUT2D eigenvalue weighted by molar-refractivity contribution is 5.83. The van der Waals surface area contributed by atoms with E-state index >= 15 is 0 Å². The maximum absolute atomic E-state index is 12.1. The van der Waals surface area contributed by atoms with Crippen molar-refractivity contribution in [1.29, 1.82) is 0 Å². The zero-order valence-corrected chi connectivity index (χ0v) is 15.1. The summed E-state index contributed by atoms with van der Waals surface area (Å²) in [7, 11) is 1.61. The van der Waals surface area contributed by atoms with E-state index in [1.807, 2.05) is 24.3 Å². The largest absolute Gasteiger partial charge is 0.497 e. The van der Waals surface area contributed by atoms with E-state index in [1.165, 1.54) is 13.3 Å². The van der Waals surface area contributed by atoms with E-state index < -0.39 is 0 Å². The first kappa shape index (κ1) is 19.1. The van der Waals surface area contributed by atoms with Gasteiger partial charge in [-0.15, -0.1) is 0 Å². The Hall–Kier alpha value is -2.24. The van der Waals surface area contributed by atoms with Gasteiger partial charge in [0.1, 0.15) is 18.1 Å². The molecule has 0 atom stereocenters. The Morgan fingerprint density at radius 1 is 1.12 bits per heavy atom. The van der Waals surface area contributed by atoms with Crippen LogP contribution in [0.15, 0.2) is 24.3 Å². The molecule has 1 aromatic carbocycles. The Labute approximate surface area is 149 Å². The van der Waals surface area contributed by atoms with E-state index in [1.54, 1.807) is 12.0 Å². The van der Waals surface area contributed by atoms with Crippen molar-refractivity contribution in [2.45, 2.75) is 45.1 Å². The van der Waals surface area contributed by atoms with Crippen LogP contribution in [0.3, 0.4) is 0 Å². The molecule has 0 heterocycles. The van der Waals surface area contributed by atoms with Gasteiger partial charge in [-0.1, -0.05) is 19.3 Å². The summed E-state index contributed by atoms with van der Waals surface area (Å²) in [6.45, 7) is 2.44. The van der Waals surface area contributed by atoms with Gasteiger partial charge in [-0.2, -0.15) is 0 Å². The molecule has 0 aromatic heterocycles. The van der Waals surface area contributed by atoms with Crippen molar-refractivity contribution >= 4 is 11.8 Å². The van der Waals surface area contributed by atoms with Crippen LogP contribution in [0, 0.1) is 0 Å². The van der Waals surface area contributed by atoms with Crippen molar-refractivity contribution < 1.29 is 19.1 Å². The summed E-state index contributed by atoms with van der Waals surface area (Å²) >= 11 is 0.